The first-order chi connectivity index (χ1) is 15.5. The standard InChI is InChI=1S/C22H27Cl2N3O5S/c1-5-19(22(29)25-2)26(13-15-8-6-7-9-17(15)23)21(28)14-27(33(4,30)31)16-10-11-20(32-3)18(24)12-16/h6-12,19H,5,13-14H2,1-4H3,(H,25,29)/t19-/m1/s1. The number of nitrogens with one attached hydrogen (secondary N) is 1. The fourth-order valence-corrected chi connectivity index (χ4v) is 4.61. The lowest BCUT2D eigenvalue weighted by Crippen LogP contribution is -2.51. The summed E-state index contributed by atoms with van der Waals surface area (Å²) in [6.45, 7) is 1.27. The van der Waals surface area contributed by atoms with Crippen LogP contribution in [0, 0.1) is 0 Å². The van der Waals surface area contributed by atoms with Gasteiger partial charge in [-0.05, 0) is 36.2 Å². The lowest BCUT2D eigenvalue weighted by molar-refractivity contribution is -0.140. The number of nitrogens with zero attached hydrogens (tertiary/aromatic N) is 2. The maximum Gasteiger partial charge on any atom is 0.244 e. The van der Waals surface area contributed by atoms with E-state index in [-0.39, 0.29) is 23.2 Å². The third kappa shape index (κ3) is 6.75. The highest BCUT2D eigenvalue weighted by molar-refractivity contribution is 7.92. The molecule has 0 aliphatic carbocycles. The first kappa shape index (κ1) is 26.8. The molecule has 0 radical (unpaired) electrons. The van der Waals surface area contributed by atoms with Gasteiger partial charge in [-0.15, -0.1) is 0 Å². The van der Waals surface area contributed by atoms with Crippen molar-refractivity contribution in [3.8, 4) is 5.75 Å². The summed E-state index contributed by atoms with van der Waals surface area (Å²) >= 11 is 12.5. The van der Waals surface area contributed by atoms with Gasteiger partial charge in [0.15, 0.2) is 0 Å². The molecule has 0 heterocycles. The molecule has 0 aromatic heterocycles. The first-order valence-corrected chi connectivity index (χ1v) is 12.7. The molecule has 0 fully saturated rings. The fourth-order valence-electron chi connectivity index (χ4n) is 3.32. The predicted octanol–water partition coefficient (Wildman–Crippen LogP) is 3.32. The molecule has 0 saturated heterocycles. The summed E-state index contributed by atoms with van der Waals surface area (Å²) in [6, 6.07) is 10.6. The molecule has 2 rings (SSSR count). The number of ether oxygens (including phenoxy) is 1. The molecule has 0 aliphatic rings. The van der Waals surface area contributed by atoms with E-state index >= 15 is 0 Å². The third-order valence-electron chi connectivity index (χ3n) is 5.03. The molecule has 0 spiro atoms. The average Bonchev–Trinajstić information content (AvgIpc) is 2.77. The number of rotatable bonds is 10. The number of halogens is 2. The Labute approximate surface area is 204 Å². The Bertz CT molecular complexity index is 1110. The summed E-state index contributed by atoms with van der Waals surface area (Å²) in [5.74, 6) is -0.565. The maximum atomic E-state index is 13.5. The zero-order chi connectivity index (χ0) is 24.8. The number of methoxy groups -OCH3 is 1. The van der Waals surface area contributed by atoms with E-state index in [2.05, 4.69) is 5.32 Å². The lowest BCUT2D eigenvalue weighted by Gasteiger charge is -2.32. The van der Waals surface area contributed by atoms with E-state index in [9.17, 15) is 18.0 Å². The SMILES string of the molecule is CC[C@H](C(=O)NC)N(Cc1ccccc1Cl)C(=O)CN(c1ccc(OC)c(Cl)c1)S(C)(=O)=O. The molecule has 11 heteroatoms. The lowest BCUT2D eigenvalue weighted by atomic mass is 10.1. The van der Waals surface area contributed by atoms with Crippen molar-refractivity contribution >= 4 is 50.7 Å². The Balaban J connectivity index is 2.46. The summed E-state index contributed by atoms with van der Waals surface area (Å²) in [5.41, 5.74) is 0.829. The molecule has 0 saturated carbocycles. The number of anilines is 1. The van der Waals surface area contributed by atoms with Crippen molar-refractivity contribution in [2.75, 3.05) is 31.3 Å². The van der Waals surface area contributed by atoms with E-state index in [1.54, 1.807) is 31.2 Å². The molecule has 0 bridgehead atoms. The molecular weight excluding hydrogens is 489 g/mol. The van der Waals surface area contributed by atoms with Crippen molar-refractivity contribution in [1.29, 1.82) is 0 Å². The van der Waals surface area contributed by atoms with E-state index in [4.69, 9.17) is 27.9 Å². The van der Waals surface area contributed by atoms with Crippen molar-refractivity contribution in [2.45, 2.75) is 25.9 Å². The van der Waals surface area contributed by atoms with Crippen LogP contribution < -0.4 is 14.4 Å². The van der Waals surface area contributed by atoms with E-state index in [1.165, 1.54) is 37.3 Å². The first-order valence-electron chi connectivity index (χ1n) is 10.1. The number of carbonyl (C=O) groups is 2. The minimum atomic E-state index is -3.86. The van der Waals surface area contributed by atoms with Crippen LogP contribution in [0.25, 0.3) is 0 Å². The van der Waals surface area contributed by atoms with Crippen LogP contribution in [0.3, 0.4) is 0 Å². The highest BCUT2D eigenvalue weighted by atomic mass is 35.5. The number of sulfonamides is 1. The Morgan fingerprint density at radius 2 is 1.79 bits per heavy atom. The van der Waals surface area contributed by atoms with Gasteiger partial charge >= 0.3 is 0 Å². The van der Waals surface area contributed by atoms with Crippen molar-refractivity contribution in [3.63, 3.8) is 0 Å². The van der Waals surface area contributed by atoms with Gasteiger partial charge in [-0.3, -0.25) is 13.9 Å². The molecular formula is C22H27Cl2N3O5S. The number of hydrogen-bond acceptors (Lipinski definition) is 5. The molecule has 2 amide bonds. The smallest absolute Gasteiger partial charge is 0.244 e. The largest absolute Gasteiger partial charge is 0.495 e. The summed E-state index contributed by atoms with van der Waals surface area (Å²) in [6.07, 6.45) is 1.32. The van der Waals surface area contributed by atoms with Crippen LogP contribution in [-0.2, 0) is 26.2 Å². The van der Waals surface area contributed by atoms with Gasteiger partial charge in [0.25, 0.3) is 0 Å². The second-order valence-electron chi connectivity index (χ2n) is 7.24. The third-order valence-corrected chi connectivity index (χ3v) is 6.84. The Morgan fingerprint density at radius 3 is 2.30 bits per heavy atom. The normalized spacial score (nSPS) is 12.1. The van der Waals surface area contributed by atoms with Crippen LogP contribution in [0.2, 0.25) is 10.0 Å². The molecule has 0 aliphatic heterocycles. The summed E-state index contributed by atoms with van der Waals surface area (Å²) in [5, 5.41) is 3.19. The molecule has 2 aromatic carbocycles. The number of amides is 2. The predicted molar refractivity (Wildman–Crippen MR) is 130 cm³/mol. The second kappa shape index (κ2) is 11.6. The van der Waals surface area contributed by atoms with Gasteiger partial charge in [0.05, 0.1) is 24.1 Å². The van der Waals surface area contributed by atoms with Gasteiger partial charge in [0.1, 0.15) is 18.3 Å². The summed E-state index contributed by atoms with van der Waals surface area (Å²) < 4.78 is 31.2. The zero-order valence-corrected chi connectivity index (χ0v) is 21.2. The van der Waals surface area contributed by atoms with Crippen LogP contribution >= 0.6 is 23.2 Å². The molecule has 0 unspecified atom stereocenters. The van der Waals surface area contributed by atoms with Gasteiger partial charge in [0.2, 0.25) is 21.8 Å². The van der Waals surface area contributed by atoms with Crippen LogP contribution in [-0.4, -0.2) is 58.1 Å². The fraction of sp³-hybridized carbons (Fsp3) is 0.364. The maximum absolute atomic E-state index is 13.5. The van der Waals surface area contributed by atoms with Crippen molar-refractivity contribution < 1.29 is 22.7 Å². The zero-order valence-electron chi connectivity index (χ0n) is 18.8. The molecule has 1 atom stereocenters. The van der Waals surface area contributed by atoms with E-state index < -0.39 is 28.5 Å². The molecule has 33 heavy (non-hydrogen) atoms. The van der Waals surface area contributed by atoms with E-state index in [0.717, 1.165) is 10.6 Å². The second-order valence-corrected chi connectivity index (χ2v) is 9.96. The monoisotopic (exact) mass is 515 g/mol. The van der Waals surface area contributed by atoms with Crippen molar-refractivity contribution in [3.05, 3.63) is 58.1 Å². The minimum absolute atomic E-state index is 0.0331. The van der Waals surface area contributed by atoms with Gasteiger partial charge in [-0.1, -0.05) is 48.3 Å². The molecule has 8 nitrogen and oxygen atoms in total. The van der Waals surface area contributed by atoms with Crippen LogP contribution in [0.4, 0.5) is 5.69 Å². The number of likely N-dealkylation sites (N-methyl/N-ethyl adjacent to an activating group) is 1. The Kier molecular flexibility index (Phi) is 9.39. The van der Waals surface area contributed by atoms with E-state index in [1.807, 2.05) is 0 Å². The molecule has 180 valence electrons. The molecule has 2 aromatic rings. The van der Waals surface area contributed by atoms with Gasteiger partial charge in [-0.2, -0.15) is 0 Å². The Hall–Kier alpha value is -2.49. The van der Waals surface area contributed by atoms with Crippen LogP contribution in [0.5, 0.6) is 5.75 Å². The average molecular weight is 516 g/mol. The minimum Gasteiger partial charge on any atom is -0.495 e. The summed E-state index contributed by atoms with van der Waals surface area (Å²) in [7, 11) is -0.945. The van der Waals surface area contributed by atoms with Crippen molar-refractivity contribution in [2.24, 2.45) is 0 Å². The highest BCUT2D eigenvalue weighted by Crippen LogP contribution is 2.30. The molecule has 1 N–H and O–H groups in total. The number of benzene rings is 2. The highest BCUT2D eigenvalue weighted by Gasteiger charge is 2.31. The van der Waals surface area contributed by atoms with Crippen molar-refractivity contribution in [1.82, 2.24) is 10.2 Å². The van der Waals surface area contributed by atoms with Gasteiger partial charge < -0.3 is 15.0 Å². The number of carbonyl (C=O) groups excluding carboxylic acids is 2. The quantitative estimate of drug-likeness (QED) is 0.523. The number of hydrogen-bond donors (Lipinski definition) is 1. The summed E-state index contributed by atoms with van der Waals surface area (Å²) in [4.78, 5) is 27.3. The Morgan fingerprint density at radius 1 is 1.12 bits per heavy atom. The van der Waals surface area contributed by atoms with E-state index in [0.29, 0.717) is 22.8 Å². The van der Waals surface area contributed by atoms with Gasteiger partial charge in [-0.25, -0.2) is 8.42 Å². The topological polar surface area (TPSA) is 96.0 Å². The van der Waals surface area contributed by atoms with Crippen LogP contribution in [0.15, 0.2) is 42.5 Å². The van der Waals surface area contributed by atoms with Gasteiger partial charge in [0, 0.05) is 18.6 Å². The van der Waals surface area contributed by atoms with Crippen LogP contribution in [0.1, 0.15) is 18.9 Å².